The summed E-state index contributed by atoms with van der Waals surface area (Å²) in [5.41, 5.74) is 0.480. The van der Waals surface area contributed by atoms with Gasteiger partial charge in [0.1, 0.15) is 5.75 Å². The monoisotopic (exact) mass is 350 g/mol. The molecule has 0 aliphatic carbocycles. The van der Waals surface area contributed by atoms with Crippen molar-refractivity contribution in [1.82, 2.24) is 0 Å². The summed E-state index contributed by atoms with van der Waals surface area (Å²) in [7, 11) is 2.98. The van der Waals surface area contributed by atoms with E-state index >= 15 is 0 Å². The van der Waals surface area contributed by atoms with Crippen LogP contribution in [0.3, 0.4) is 0 Å². The van der Waals surface area contributed by atoms with Crippen LogP contribution in [0, 0.1) is 0 Å². The van der Waals surface area contributed by atoms with Crippen molar-refractivity contribution in [2.75, 3.05) is 14.2 Å². The van der Waals surface area contributed by atoms with Crippen LogP contribution in [0.1, 0.15) is 27.1 Å². The number of Topliss-reactive ketones (excluding diaryl/α,β-unsaturated/α-hetero) is 2. The van der Waals surface area contributed by atoms with E-state index in [-0.39, 0.29) is 23.5 Å². The molecule has 3 aromatic carbocycles. The van der Waals surface area contributed by atoms with Gasteiger partial charge in [0.15, 0.2) is 23.1 Å². The Morgan fingerprint density at radius 3 is 2.35 bits per heavy atom. The fourth-order valence-electron chi connectivity index (χ4n) is 2.83. The third kappa shape index (κ3) is 3.24. The van der Waals surface area contributed by atoms with E-state index in [1.165, 1.54) is 20.3 Å². The molecular weight excluding hydrogens is 332 g/mol. The molecule has 0 saturated heterocycles. The second-order valence-corrected chi connectivity index (χ2v) is 5.78. The Morgan fingerprint density at radius 1 is 0.885 bits per heavy atom. The van der Waals surface area contributed by atoms with E-state index in [1.807, 2.05) is 12.1 Å². The van der Waals surface area contributed by atoms with Gasteiger partial charge >= 0.3 is 0 Å². The first kappa shape index (κ1) is 17.5. The molecule has 0 aliphatic rings. The Hall–Kier alpha value is -3.34. The highest BCUT2D eigenvalue weighted by Crippen LogP contribution is 2.31. The maximum Gasteiger partial charge on any atom is 0.174 e. The Morgan fingerprint density at radius 2 is 1.62 bits per heavy atom. The van der Waals surface area contributed by atoms with E-state index in [2.05, 4.69) is 0 Å². The molecule has 26 heavy (non-hydrogen) atoms. The number of hydrogen-bond donors (Lipinski definition) is 1. The average molecular weight is 350 g/mol. The van der Waals surface area contributed by atoms with Gasteiger partial charge in [-0.3, -0.25) is 9.59 Å². The minimum atomic E-state index is -0.437. The summed E-state index contributed by atoms with van der Waals surface area (Å²) in [6.07, 6.45) is -0.346. The van der Waals surface area contributed by atoms with Gasteiger partial charge in [0.05, 0.1) is 26.2 Å². The third-order valence-electron chi connectivity index (χ3n) is 4.23. The number of carbonyl (C=O) groups is 2. The Balaban J connectivity index is 1.86. The second-order valence-electron chi connectivity index (χ2n) is 5.78. The van der Waals surface area contributed by atoms with Crippen LogP contribution >= 0.6 is 0 Å². The predicted molar refractivity (Wildman–Crippen MR) is 98.4 cm³/mol. The van der Waals surface area contributed by atoms with Crippen molar-refractivity contribution in [3.8, 4) is 17.2 Å². The van der Waals surface area contributed by atoms with Crippen LogP contribution < -0.4 is 9.47 Å². The molecule has 0 aromatic heterocycles. The Kier molecular flexibility index (Phi) is 4.89. The summed E-state index contributed by atoms with van der Waals surface area (Å²) in [5.74, 6) is 0.0201. The minimum absolute atomic E-state index is 0.104. The number of rotatable bonds is 6. The molecule has 0 fully saturated rings. The van der Waals surface area contributed by atoms with Gasteiger partial charge < -0.3 is 14.6 Å². The van der Waals surface area contributed by atoms with Crippen molar-refractivity contribution in [3.05, 3.63) is 65.7 Å². The maximum absolute atomic E-state index is 12.5. The van der Waals surface area contributed by atoms with Crippen molar-refractivity contribution in [2.45, 2.75) is 6.42 Å². The Labute approximate surface area is 150 Å². The van der Waals surface area contributed by atoms with Crippen LogP contribution in [0.25, 0.3) is 10.8 Å². The number of ketones is 2. The van der Waals surface area contributed by atoms with Gasteiger partial charge in [-0.2, -0.15) is 0 Å². The molecule has 0 amide bonds. The molecular formula is C21H18O5. The number of carbonyl (C=O) groups excluding carboxylic acids is 2. The van der Waals surface area contributed by atoms with Crippen molar-refractivity contribution in [1.29, 1.82) is 0 Å². The lowest BCUT2D eigenvalue weighted by Gasteiger charge is -2.10. The number of methoxy groups -OCH3 is 2. The van der Waals surface area contributed by atoms with Gasteiger partial charge in [-0.1, -0.05) is 30.3 Å². The second kappa shape index (κ2) is 7.27. The lowest BCUT2D eigenvalue weighted by Crippen LogP contribution is -2.09. The molecule has 3 rings (SSSR count). The summed E-state index contributed by atoms with van der Waals surface area (Å²) in [5, 5.41) is 11.8. The average Bonchev–Trinajstić information content (AvgIpc) is 2.67. The molecule has 0 saturated carbocycles. The molecule has 0 atom stereocenters. The largest absolute Gasteiger partial charge is 0.507 e. The van der Waals surface area contributed by atoms with E-state index in [1.54, 1.807) is 36.4 Å². The zero-order valence-corrected chi connectivity index (χ0v) is 14.5. The Bertz CT molecular complexity index is 991. The number of ether oxygens (including phenoxy) is 2. The normalized spacial score (nSPS) is 10.5. The van der Waals surface area contributed by atoms with Crippen molar-refractivity contribution < 1.29 is 24.2 Å². The van der Waals surface area contributed by atoms with Crippen molar-refractivity contribution in [3.63, 3.8) is 0 Å². The first-order chi connectivity index (χ1) is 12.5. The lowest BCUT2D eigenvalue weighted by molar-refractivity contribution is 0.0893. The van der Waals surface area contributed by atoms with Gasteiger partial charge in [0.25, 0.3) is 0 Å². The quantitative estimate of drug-likeness (QED) is 0.537. The molecule has 132 valence electrons. The van der Waals surface area contributed by atoms with Gasteiger partial charge in [-0.15, -0.1) is 0 Å². The molecule has 5 nitrogen and oxygen atoms in total. The predicted octanol–water partition coefficient (Wildman–Crippen LogP) is 4.02. The topological polar surface area (TPSA) is 72.8 Å². The number of benzene rings is 3. The highest BCUT2D eigenvalue weighted by atomic mass is 16.5. The smallest absolute Gasteiger partial charge is 0.174 e. The van der Waals surface area contributed by atoms with Crippen molar-refractivity contribution >= 4 is 22.3 Å². The first-order valence-corrected chi connectivity index (χ1v) is 8.04. The lowest BCUT2D eigenvalue weighted by atomic mass is 9.98. The number of hydrogen-bond acceptors (Lipinski definition) is 5. The maximum atomic E-state index is 12.5. The standard InChI is InChI=1S/C21H18O5/c1-25-19-10-8-14(11-20(19)26-2)17(22)12-18(23)16-9-7-13-5-3-4-6-15(13)21(16)24/h3-11,24H,12H2,1-2H3. The summed E-state index contributed by atoms with van der Waals surface area (Å²) in [6, 6.07) is 15.2. The molecule has 0 aliphatic heterocycles. The molecule has 0 bridgehead atoms. The molecule has 0 spiro atoms. The number of fused-ring (bicyclic) bond motifs is 1. The van der Waals surface area contributed by atoms with E-state index in [9.17, 15) is 14.7 Å². The molecule has 0 unspecified atom stereocenters. The van der Waals surface area contributed by atoms with Crippen LogP contribution in [-0.2, 0) is 0 Å². The summed E-state index contributed by atoms with van der Waals surface area (Å²) >= 11 is 0. The molecule has 3 aromatic rings. The number of phenols is 1. The highest BCUT2D eigenvalue weighted by Gasteiger charge is 2.19. The van der Waals surface area contributed by atoms with E-state index in [0.29, 0.717) is 22.4 Å². The number of phenolic OH excluding ortho intramolecular Hbond substituents is 1. The molecule has 5 heteroatoms. The van der Waals surface area contributed by atoms with E-state index < -0.39 is 5.78 Å². The summed E-state index contributed by atoms with van der Waals surface area (Å²) < 4.78 is 10.3. The van der Waals surface area contributed by atoms with Crippen molar-refractivity contribution in [2.24, 2.45) is 0 Å². The molecule has 0 heterocycles. The van der Waals surface area contributed by atoms with Gasteiger partial charge in [0, 0.05) is 10.9 Å². The van der Waals surface area contributed by atoms with Crippen LogP contribution in [0.15, 0.2) is 54.6 Å². The van der Waals surface area contributed by atoms with Crippen LogP contribution in [0.4, 0.5) is 0 Å². The summed E-state index contributed by atoms with van der Waals surface area (Å²) in [4.78, 5) is 25.0. The highest BCUT2D eigenvalue weighted by molar-refractivity contribution is 6.16. The number of aromatic hydroxyl groups is 1. The first-order valence-electron chi connectivity index (χ1n) is 8.04. The van der Waals surface area contributed by atoms with Crippen LogP contribution in [0.2, 0.25) is 0 Å². The van der Waals surface area contributed by atoms with E-state index in [4.69, 9.17) is 9.47 Å². The third-order valence-corrected chi connectivity index (χ3v) is 4.23. The SMILES string of the molecule is COc1ccc(C(=O)CC(=O)c2ccc3ccccc3c2O)cc1OC. The summed E-state index contributed by atoms with van der Waals surface area (Å²) in [6.45, 7) is 0. The minimum Gasteiger partial charge on any atom is -0.507 e. The zero-order chi connectivity index (χ0) is 18.7. The van der Waals surface area contributed by atoms with Gasteiger partial charge in [-0.25, -0.2) is 0 Å². The fourth-order valence-corrected chi connectivity index (χ4v) is 2.83. The molecule has 0 radical (unpaired) electrons. The van der Waals surface area contributed by atoms with Crippen LogP contribution in [0.5, 0.6) is 17.2 Å². The van der Waals surface area contributed by atoms with Gasteiger partial charge in [-0.05, 0) is 29.7 Å². The van der Waals surface area contributed by atoms with Crippen LogP contribution in [-0.4, -0.2) is 30.9 Å². The molecule has 1 N–H and O–H groups in total. The van der Waals surface area contributed by atoms with Gasteiger partial charge in [0.2, 0.25) is 0 Å². The van der Waals surface area contributed by atoms with E-state index in [0.717, 1.165) is 5.39 Å². The fraction of sp³-hybridized carbons (Fsp3) is 0.143. The zero-order valence-electron chi connectivity index (χ0n) is 14.5.